The van der Waals surface area contributed by atoms with Gasteiger partial charge in [0.15, 0.2) is 0 Å². The fraction of sp³-hybridized carbons (Fsp3) is 0.368. The summed E-state index contributed by atoms with van der Waals surface area (Å²) in [5, 5.41) is 3.01. The van der Waals surface area contributed by atoms with E-state index in [1.54, 1.807) is 0 Å². The molecule has 24 heavy (non-hydrogen) atoms. The van der Waals surface area contributed by atoms with Gasteiger partial charge in [0.2, 0.25) is 0 Å². The molecule has 126 valence electrons. The highest BCUT2D eigenvalue weighted by Gasteiger charge is 2.17. The lowest BCUT2D eigenvalue weighted by Crippen LogP contribution is -2.14. The highest BCUT2D eigenvalue weighted by Crippen LogP contribution is 2.43. The molecule has 2 heterocycles. The maximum Gasteiger partial charge on any atom is 0.255 e. The molecule has 1 saturated heterocycles. The molecule has 0 aliphatic carbocycles. The third kappa shape index (κ3) is 3.95. The first-order valence-electron chi connectivity index (χ1n) is 8.14. The minimum atomic E-state index is -0.0812. The van der Waals surface area contributed by atoms with Crippen LogP contribution in [-0.4, -0.2) is 22.4 Å². The van der Waals surface area contributed by atoms with Crippen molar-refractivity contribution in [3.8, 4) is 0 Å². The number of nitrogens with one attached hydrogen (secondary N) is 1. The number of rotatable bonds is 3. The fourth-order valence-corrected chi connectivity index (χ4v) is 5.76. The molecule has 0 saturated carbocycles. The molecular weight excluding hydrogens is 336 g/mol. The summed E-state index contributed by atoms with van der Waals surface area (Å²) >= 11 is 3.99. The Labute approximate surface area is 152 Å². The van der Waals surface area contributed by atoms with Crippen molar-refractivity contribution in [2.75, 3.05) is 16.8 Å². The van der Waals surface area contributed by atoms with Crippen LogP contribution in [0.2, 0.25) is 0 Å². The molecular formula is C19H22N2OS2. The number of thioether (sulfide) groups is 2. The smallest absolute Gasteiger partial charge is 0.255 e. The number of hydrogen-bond donors (Lipinski definition) is 1. The quantitative estimate of drug-likeness (QED) is 0.826. The average molecular weight is 359 g/mol. The first-order chi connectivity index (χ1) is 11.5. The van der Waals surface area contributed by atoms with Crippen LogP contribution in [0.1, 0.15) is 43.9 Å². The first-order valence-corrected chi connectivity index (χ1v) is 10.2. The highest BCUT2D eigenvalue weighted by molar-refractivity contribution is 8.16. The van der Waals surface area contributed by atoms with Crippen LogP contribution in [0.5, 0.6) is 0 Å². The maximum absolute atomic E-state index is 12.5. The number of carbonyl (C=O) groups excluding carboxylic acids is 1. The van der Waals surface area contributed by atoms with Gasteiger partial charge in [0.25, 0.3) is 5.91 Å². The van der Waals surface area contributed by atoms with Crippen LogP contribution in [0.3, 0.4) is 0 Å². The SMILES string of the molecule is Cc1cc(C)c(NC(=O)c2ccc(C3SCCCS3)cc2)c(C)n1. The predicted octanol–water partition coefficient (Wildman–Crippen LogP) is 5.13. The summed E-state index contributed by atoms with van der Waals surface area (Å²) in [5.41, 5.74) is 5.66. The lowest BCUT2D eigenvalue weighted by Gasteiger charge is -2.21. The van der Waals surface area contributed by atoms with Gasteiger partial charge in [0.05, 0.1) is 16.0 Å². The minimum absolute atomic E-state index is 0.0812. The maximum atomic E-state index is 12.5. The van der Waals surface area contributed by atoms with Crippen molar-refractivity contribution in [2.24, 2.45) is 0 Å². The van der Waals surface area contributed by atoms with Gasteiger partial charge in [0.1, 0.15) is 0 Å². The standard InChI is InChI=1S/C19H22N2OS2/c1-12-11-13(2)20-14(3)17(12)21-18(22)15-5-7-16(8-6-15)19-23-9-4-10-24-19/h5-8,11,19H,4,9-10H2,1-3H3,(H,21,22). The summed E-state index contributed by atoms with van der Waals surface area (Å²) in [6.45, 7) is 5.89. The van der Waals surface area contributed by atoms with Gasteiger partial charge in [-0.25, -0.2) is 0 Å². The topological polar surface area (TPSA) is 42.0 Å². The molecule has 1 aliphatic rings. The predicted molar refractivity (Wildman–Crippen MR) is 105 cm³/mol. The van der Waals surface area contributed by atoms with E-state index < -0.39 is 0 Å². The number of anilines is 1. The van der Waals surface area contributed by atoms with Crippen LogP contribution in [0.25, 0.3) is 0 Å². The Balaban J connectivity index is 1.73. The van der Waals surface area contributed by atoms with Crippen LogP contribution in [-0.2, 0) is 0 Å². The Kier molecular flexibility index (Phi) is 5.51. The van der Waals surface area contributed by atoms with E-state index in [0.717, 1.165) is 22.6 Å². The van der Waals surface area contributed by atoms with Crippen LogP contribution in [0, 0.1) is 20.8 Å². The summed E-state index contributed by atoms with van der Waals surface area (Å²) in [6, 6.07) is 10.00. The molecule has 0 radical (unpaired) electrons. The van der Waals surface area contributed by atoms with E-state index in [-0.39, 0.29) is 5.91 Å². The molecule has 2 aromatic rings. The second kappa shape index (κ2) is 7.62. The number of aromatic nitrogens is 1. The normalized spacial score (nSPS) is 15.3. The van der Waals surface area contributed by atoms with Gasteiger partial charge in [-0.15, -0.1) is 23.5 Å². The number of pyridine rings is 1. The van der Waals surface area contributed by atoms with Crippen molar-refractivity contribution in [3.05, 3.63) is 58.4 Å². The van der Waals surface area contributed by atoms with Crippen molar-refractivity contribution in [3.63, 3.8) is 0 Å². The zero-order valence-corrected chi connectivity index (χ0v) is 15.9. The number of aryl methyl sites for hydroxylation is 3. The summed E-state index contributed by atoms with van der Waals surface area (Å²) in [7, 11) is 0. The van der Waals surface area contributed by atoms with Crippen molar-refractivity contribution in [1.82, 2.24) is 4.98 Å². The van der Waals surface area contributed by atoms with Gasteiger partial charge in [-0.1, -0.05) is 12.1 Å². The minimum Gasteiger partial charge on any atom is -0.320 e. The van der Waals surface area contributed by atoms with E-state index in [9.17, 15) is 4.79 Å². The Bertz CT molecular complexity index is 715. The summed E-state index contributed by atoms with van der Waals surface area (Å²) < 4.78 is 0.502. The second-order valence-electron chi connectivity index (χ2n) is 6.04. The Morgan fingerprint density at radius 2 is 1.79 bits per heavy atom. The van der Waals surface area contributed by atoms with Crippen molar-refractivity contribution in [1.29, 1.82) is 0 Å². The van der Waals surface area contributed by atoms with Crippen molar-refractivity contribution >= 4 is 35.1 Å². The first kappa shape index (κ1) is 17.4. The molecule has 5 heteroatoms. The average Bonchev–Trinajstić information content (AvgIpc) is 2.59. The highest BCUT2D eigenvalue weighted by atomic mass is 32.2. The molecule has 1 N–H and O–H groups in total. The summed E-state index contributed by atoms with van der Waals surface area (Å²) in [5.74, 6) is 2.36. The van der Waals surface area contributed by atoms with Crippen molar-refractivity contribution in [2.45, 2.75) is 31.8 Å². The van der Waals surface area contributed by atoms with E-state index in [0.29, 0.717) is 10.1 Å². The molecule has 0 atom stereocenters. The molecule has 1 amide bonds. The molecule has 0 bridgehead atoms. The van der Waals surface area contributed by atoms with Gasteiger partial charge >= 0.3 is 0 Å². The molecule has 1 aliphatic heterocycles. The van der Waals surface area contributed by atoms with Gasteiger partial charge in [-0.3, -0.25) is 9.78 Å². The summed E-state index contributed by atoms with van der Waals surface area (Å²) in [4.78, 5) is 17.0. The number of amides is 1. The van der Waals surface area contributed by atoms with Gasteiger partial charge < -0.3 is 5.32 Å². The Morgan fingerprint density at radius 3 is 2.42 bits per heavy atom. The van der Waals surface area contributed by atoms with Crippen LogP contribution >= 0.6 is 23.5 Å². The van der Waals surface area contributed by atoms with E-state index >= 15 is 0 Å². The number of benzene rings is 1. The van der Waals surface area contributed by atoms with E-state index in [4.69, 9.17) is 0 Å². The van der Waals surface area contributed by atoms with Crippen LogP contribution < -0.4 is 5.32 Å². The van der Waals surface area contributed by atoms with Crippen LogP contribution in [0.15, 0.2) is 30.3 Å². The zero-order valence-electron chi connectivity index (χ0n) is 14.3. The monoisotopic (exact) mass is 358 g/mol. The zero-order chi connectivity index (χ0) is 17.1. The summed E-state index contributed by atoms with van der Waals surface area (Å²) in [6.07, 6.45) is 1.29. The van der Waals surface area contributed by atoms with E-state index in [1.165, 1.54) is 23.5 Å². The third-order valence-electron chi connectivity index (χ3n) is 4.04. The Hall–Kier alpha value is -1.46. The molecule has 0 unspecified atom stereocenters. The van der Waals surface area contributed by atoms with Crippen LogP contribution in [0.4, 0.5) is 5.69 Å². The Morgan fingerprint density at radius 1 is 1.12 bits per heavy atom. The van der Waals surface area contributed by atoms with E-state index in [1.807, 2.05) is 62.5 Å². The second-order valence-corrected chi connectivity index (χ2v) is 8.77. The van der Waals surface area contributed by atoms with Gasteiger partial charge in [-0.2, -0.15) is 0 Å². The third-order valence-corrected chi connectivity index (χ3v) is 7.05. The number of hydrogen-bond acceptors (Lipinski definition) is 4. The van der Waals surface area contributed by atoms with Gasteiger partial charge in [0, 0.05) is 11.3 Å². The lowest BCUT2D eigenvalue weighted by molar-refractivity contribution is 0.102. The number of carbonyl (C=O) groups is 1. The van der Waals surface area contributed by atoms with Gasteiger partial charge in [-0.05, 0) is 68.0 Å². The largest absolute Gasteiger partial charge is 0.320 e. The molecule has 3 nitrogen and oxygen atoms in total. The van der Waals surface area contributed by atoms with E-state index in [2.05, 4.69) is 22.4 Å². The molecule has 0 spiro atoms. The molecule has 1 fully saturated rings. The number of nitrogens with zero attached hydrogens (tertiary/aromatic N) is 1. The van der Waals surface area contributed by atoms with Crippen molar-refractivity contribution < 1.29 is 4.79 Å². The fourth-order valence-electron chi connectivity index (χ4n) is 2.87. The lowest BCUT2D eigenvalue weighted by atomic mass is 10.1. The molecule has 1 aromatic carbocycles. The molecule has 1 aromatic heterocycles. The molecule has 3 rings (SSSR count).